The van der Waals surface area contributed by atoms with E-state index in [0.29, 0.717) is 23.6 Å². The van der Waals surface area contributed by atoms with Crippen molar-refractivity contribution in [3.8, 4) is 11.5 Å². The highest BCUT2D eigenvalue weighted by Gasteiger charge is 2.15. The van der Waals surface area contributed by atoms with Gasteiger partial charge in [0.1, 0.15) is 0 Å². The van der Waals surface area contributed by atoms with Gasteiger partial charge in [-0.3, -0.25) is 4.79 Å². The van der Waals surface area contributed by atoms with E-state index in [2.05, 4.69) is 16.6 Å². The molecule has 8 heteroatoms. The predicted molar refractivity (Wildman–Crippen MR) is 103 cm³/mol. The summed E-state index contributed by atoms with van der Waals surface area (Å²) in [6.07, 6.45) is 1.56. The Labute approximate surface area is 159 Å². The maximum Gasteiger partial charge on any atom is 0.251 e. The maximum absolute atomic E-state index is 12.5. The molecule has 0 aromatic heterocycles. The molecule has 1 amide bonds. The van der Waals surface area contributed by atoms with Gasteiger partial charge in [-0.1, -0.05) is 12.1 Å². The first-order valence-corrected chi connectivity index (χ1v) is 9.59. The van der Waals surface area contributed by atoms with Gasteiger partial charge in [0.15, 0.2) is 11.5 Å². The van der Waals surface area contributed by atoms with Crippen LogP contribution in [-0.4, -0.2) is 35.1 Å². The van der Waals surface area contributed by atoms with Crippen LogP contribution in [0.2, 0.25) is 0 Å². The third kappa shape index (κ3) is 5.32. The van der Waals surface area contributed by atoms with E-state index in [-0.39, 0.29) is 17.3 Å². The molecule has 2 rings (SSSR count). The normalized spacial score (nSPS) is 10.9. The molecule has 27 heavy (non-hydrogen) atoms. The molecule has 7 nitrogen and oxygen atoms in total. The lowest BCUT2D eigenvalue weighted by molar-refractivity contribution is 0.0958. The lowest BCUT2D eigenvalue weighted by Gasteiger charge is -2.11. The molecule has 0 aliphatic heterocycles. The smallest absolute Gasteiger partial charge is 0.251 e. The quantitative estimate of drug-likeness (QED) is 0.640. The van der Waals surface area contributed by atoms with Crippen molar-refractivity contribution in [2.24, 2.45) is 0 Å². The van der Waals surface area contributed by atoms with Gasteiger partial charge in [0.05, 0.1) is 19.1 Å². The minimum absolute atomic E-state index is 0.0725. The second kappa shape index (κ2) is 9.20. The molecule has 0 saturated carbocycles. The van der Waals surface area contributed by atoms with Crippen molar-refractivity contribution in [3.63, 3.8) is 0 Å². The zero-order chi connectivity index (χ0) is 19.9. The fourth-order valence-corrected chi connectivity index (χ4v) is 3.32. The van der Waals surface area contributed by atoms with Gasteiger partial charge in [0.25, 0.3) is 5.91 Å². The number of methoxy groups -OCH3 is 2. The van der Waals surface area contributed by atoms with E-state index in [0.717, 1.165) is 5.56 Å². The molecule has 0 fully saturated rings. The third-order valence-electron chi connectivity index (χ3n) is 3.75. The summed E-state index contributed by atoms with van der Waals surface area (Å²) in [6, 6.07) is 10.9. The number of amides is 1. The minimum Gasteiger partial charge on any atom is -0.493 e. The van der Waals surface area contributed by atoms with Gasteiger partial charge in [0, 0.05) is 18.7 Å². The van der Waals surface area contributed by atoms with Crippen molar-refractivity contribution < 1.29 is 22.7 Å². The van der Waals surface area contributed by atoms with E-state index >= 15 is 0 Å². The second-order valence-electron chi connectivity index (χ2n) is 5.54. The van der Waals surface area contributed by atoms with Gasteiger partial charge in [0.2, 0.25) is 10.0 Å². The number of nitrogens with one attached hydrogen (secondary N) is 2. The van der Waals surface area contributed by atoms with E-state index in [1.807, 2.05) is 0 Å². The molecular formula is C19H22N2O5S. The number of hydrogen-bond donors (Lipinski definition) is 2. The van der Waals surface area contributed by atoms with E-state index < -0.39 is 10.0 Å². The van der Waals surface area contributed by atoms with Gasteiger partial charge >= 0.3 is 0 Å². The first kappa shape index (κ1) is 20.5. The van der Waals surface area contributed by atoms with Crippen LogP contribution in [0.3, 0.4) is 0 Å². The van der Waals surface area contributed by atoms with E-state index in [4.69, 9.17) is 9.47 Å². The van der Waals surface area contributed by atoms with Gasteiger partial charge in [-0.25, -0.2) is 13.1 Å². The molecule has 2 aromatic carbocycles. The molecule has 144 valence electrons. The van der Waals surface area contributed by atoms with Crippen LogP contribution in [0, 0.1) is 0 Å². The fraction of sp³-hybridized carbons (Fsp3) is 0.211. The average molecular weight is 390 g/mol. The van der Waals surface area contributed by atoms with Crippen LogP contribution in [-0.2, 0) is 16.6 Å². The van der Waals surface area contributed by atoms with Crippen LogP contribution < -0.4 is 19.5 Å². The molecule has 0 heterocycles. The Bertz CT molecular complexity index is 908. The summed E-state index contributed by atoms with van der Waals surface area (Å²) in [4.78, 5) is 11.9. The van der Waals surface area contributed by atoms with Gasteiger partial charge in [-0.05, 0) is 42.0 Å². The summed E-state index contributed by atoms with van der Waals surface area (Å²) in [5.41, 5.74) is 1.09. The second-order valence-corrected chi connectivity index (χ2v) is 7.30. The Morgan fingerprint density at radius 3 is 2.33 bits per heavy atom. The molecule has 2 aromatic rings. The number of benzene rings is 2. The maximum atomic E-state index is 12.5. The average Bonchev–Trinajstić information content (AvgIpc) is 2.70. The monoisotopic (exact) mass is 390 g/mol. The summed E-state index contributed by atoms with van der Waals surface area (Å²) in [5, 5.41) is 2.63. The van der Waals surface area contributed by atoms with Crippen molar-refractivity contribution in [1.29, 1.82) is 0 Å². The van der Waals surface area contributed by atoms with Crippen LogP contribution in [0.15, 0.2) is 60.0 Å². The lowest BCUT2D eigenvalue weighted by atomic mass is 10.2. The Morgan fingerprint density at radius 2 is 1.74 bits per heavy atom. The van der Waals surface area contributed by atoms with E-state index in [9.17, 15) is 13.2 Å². The van der Waals surface area contributed by atoms with E-state index in [1.165, 1.54) is 38.5 Å². The van der Waals surface area contributed by atoms with Crippen molar-refractivity contribution in [1.82, 2.24) is 10.0 Å². The molecule has 0 saturated heterocycles. The zero-order valence-electron chi connectivity index (χ0n) is 15.2. The molecule has 0 spiro atoms. The molecule has 0 atom stereocenters. The highest BCUT2D eigenvalue weighted by Crippen LogP contribution is 2.27. The molecule has 0 bridgehead atoms. The lowest BCUT2D eigenvalue weighted by Crippen LogP contribution is -2.24. The molecule has 0 radical (unpaired) electrons. The number of carbonyl (C=O) groups is 1. The summed E-state index contributed by atoms with van der Waals surface area (Å²) in [5.74, 6) is 0.788. The Kier molecular flexibility index (Phi) is 6.98. The molecule has 2 N–H and O–H groups in total. The largest absolute Gasteiger partial charge is 0.493 e. The minimum atomic E-state index is -3.72. The highest BCUT2D eigenvalue weighted by atomic mass is 32.2. The molecule has 0 unspecified atom stereocenters. The molecule has 0 aliphatic carbocycles. The van der Waals surface area contributed by atoms with Crippen LogP contribution in [0.4, 0.5) is 0 Å². The standard InChI is InChI=1S/C19H22N2O5S/c1-4-11-20-19(22)15-6-8-16(9-7-15)27(23,24)21-13-14-5-10-17(25-2)18(12-14)26-3/h4-10,12,21H,1,11,13H2,2-3H3,(H,20,22). The number of sulfonamides is 1. The Hall–Kier alpha value is -2.84. The van der Waals surface area contributed by atoms with Crippen LogP contribution in [0.25, 0.3) is 0 Å². The molecular weight excluding hydrogens is 368 g/mol. The summed E-state index contributed by atoms with van der Waals surface area (Å²) < 4.78 is 37.8. The fourth-order valence-electron chi connectivity index (χ4n) is 2.30. The first-order chi connectivity index (χ1) is 12.9. The summed E-state index contributed by atoms with van der Waals surface area (Å²) >= 11 is 0. The molecule has 0 aliphatic rings. The Morgan fingerprint density at radius 1 is 1.07 bits per heavy atom. The highest BCUT2D eigenvalue weighted by molar-refractivity contribution is 7.89. The van der Waals surface area contributed by atoms with Crippen LogP contribution in [0.5, 0.6) is 11.5 Å². The summed E-state index contributed by atoms with van der Waals surface area (Å²) in [7, 11) is -0.681. The number of ether oxygens (including phenoxy) is 2. The number of hydrogen-bond acceptors (Lipinski definition) is 5. The zero-order valence-corrected chi connectivity index (χ0v) is 16.0. The number of rotatable bonds is 9. The SMILES string of the molecule is C=CCNC(=O)c1ccc(S(=O)(=O)NCc2ccc(OC)c(OC)c2)cc1. The van der Waals surface area contributed by atoms with Gasteiger partial charge in [-0.2, -0.15) is 0 Å². The van der Waals surface area contributed by atoms with Crippen molar-refractivity contribution in [2.45, 2.75) is 11.4 Å². The number of carbonyl (C=O) groups excluding carboxylic acids is 1. The van der Waals surface area contributed by atoms with E-state index in [1.54, 1.807) is 24.3 Å². The van der Waals surface area contributed by atoms with Gasteiger partial charge in [-0.15, -0.1) is 6.58 Å². The first-order valence-electron chi connectivity index (χ1n) is 8.11. The third-order valence-corrected chi connectivity index (χ3v) is 5.17. The predicted octanol–water partition coefficient (Wildman–Crippen LogP) is 2.10. The topological polar surface area (TPSA) is 93.7 Å². The van der Waals surface area contributed by atoms with Crippen molar-refractivity contribution in [2.75, 3.05) is 20.8 Å². The van der Waals surface area contributed by atoms with Crippen molar-refractivity contribution >= 4 is 15.9 Å². The van der Waals surface area contributed by atoms with Crippen LogP contribution in [0.1, 0.15) is 15.9 Å². The van der Waals surface area contributed by atoms with Gasteiger partial charge < -0.3 is 14.8 Å². The Balaban J connectivity index is 2.08. The van der Waals surface area contributed by atoms with Crippen LogP contribution >= 0.6 is 0 Å². The summed E-state index contributed by atoms with van der Waals surface area (Å²) in [6.45, 7) is 3.95. The van der Waals surface area contributed by atoms with Crippen molar-refractivity contribution in [3.05, 3.63) is 66.2 Å².